The molecule has 2 aliphatic rings. The lowest BCUT2D eigenvalue weighted by molar-refractivity contribution is 0.293. The average Bonchev–Trinajstić information content (AvgIpc) is 2.55. The van der Waals surface area contributed by atoms with Crippen LogP contribution in [0.4, 0.5) is 0 Å². The molecule has 0 bridgehead atoms. The molecule has 0 amide bonds. The Morgan fingerprint density at radius 1 is 0.682 bits per heavy atom. The van der Waals surface area contributed by atoms with E-state index in [2.05, 4.69) is 25.7 Å². The Morgan fingerprint density at radius 2 is 1.23 bits per heavy atom. The van der Waals surface area contributed by atoms with E-state index in [0.717, 1.165) is 23.7 Å². The Hall–Kier alpha value is -0.440. The van der Waals surface area contributed by atoms with E-state index in [-0.39, 0.29) is 0 Å². The summed E-state index contributed by atoms with van der Waals surface area (Å²) < 4.78 is 0. The van der Waals surface area contributed by atoms with Crippen LogP contribution in [0.2, 0.25) is 0 Å². The highest BCUT2D eigenvalue weighted by molar-refractivity contribution is 5.08. The van der Waals surface area contributed by atoms with Gasteiger partial charge in [-0.1, -0.05) is 64.2 Å². The van der Waals surface area contributed by atoms with Crippen LogP contribution < -0.4 is 0 Å². The highest BCUT2D eigenvalue weighted by atomic mass is 14.2. The van der Waals surface area contributed by atoms with Gasteiger partial charge in [0.25, 0.3) is 0 Å². The number of rotatable bonds is 6. The highest BCUT2D eigenvalue weighted by Crippen LogP contribution is 2.32. The second-order valence-electron chi connectivity index (χ2n) is 8.17. The van der Waals surface area contributed by atoms with Crippen LogP contribution in [-0.2, 0) is 0 Å². The van der Waals surface area contributed by atoms with E-state index in [1.165, 1.54) is 89.9 Å². The van der Waals surface area contributed by atoms with Crippen LogP contribution in [0.15, 0.2) is 0 Å². The molecule has 0 aromatic carbocycles. The second-order valence-corrected chi connectivity index (χ2v) is 8.17. The zero-order valence-corrected chi connectivity index (χ0v) is 15.2. The normalized spacial score (nSPS) is 32.3. The molecule has 22 heavy (non-hydrogen) atoms. The summed E-state index contributed by atoms with van der Waals surface area (Å²) in [7, 11) is 0. The summed E-state index contributed by atoms with van der Waals surface area (Å²) in [5.41, 5.74) is 0. The van der Waals surface area contributed by atoms with Gasteiger partial charge in [-0.15, -0.1) is 0 Å². The fourth-order valence-electron chi connectivity index (χ4n) is 4.27. The Balaban J connectivity index is 1.57. The lowest BCUT2D eigenvalue weighted by atomic mass is 9.79. The van der Waals surface area contributed by atoms with Crippen LogP contribution in [-0.4, -0.2) is 0 Å². The summed E-state index contributed by atoms with van der Waals surface area (Å²) >= 11 is 0. The van der Waals surface area contributed by atoms with Crippen molar-refractivity contribution in [1.29, 1.82) is 0 Å². The first-order chi connectivity index (χ1) is 10.8. The standard InChI is InChI=1S/C22H38/c1-3-4-5-6-7-8-20-13-15-22(16-14-20)18-17-21-11-9-19(2)10-12-21/h19-22H,3-16H2,1-2H3. The molecule has 0 atom stereocenters. The van der Waals surface area contributed by atoms with Gasteiger partial charge in [-0.2, -0.15) is 0 Å². The molecule has 0 nitrogen and oxygen atoms in total. The zero-order valence-electron chi connectivity index (χ0n) is 15.2. The summed E-state index contributed by atoms with van der Waals surface area (Å²) in [6, 6.07) is 0. The van der Waals surface area contributed by atoms with E-state index in [1.54, 1.807) is 0 Å². The van der Waals surface area contributed by atoms with Crippen molar-refractivity contribution in [2.75, 3.05) is 0 Å². The maximum atomic E-state index is 3.66. The summed E-state index contributed by atoms with van der Waals surface area (Å²) in [6.07, 6.45) is 19.9. The molecule has 0 spiro atoms. The van der Waals surface area contributed by atoms with Crippen molar-refractivity contribution >= 4 is 0 Å². The van der Waals surface area contributed by atoms with Gasteiger partial charge in [-0.25, -0.2) is 0 Å². The fourth-order valence-corrected chi connectivity index (χ4v) is 4.27. The Morgan fingerprint density at radius 3 is 1.82 bits per heavy atom. The third-order valence-electron chi connectivity index (χ3n) is 6.07. The molecule has 2 saturated carbocycles. The molecule has 0 aromatic rings. The highest BCUT2D eigenvalue weighted by Gasteiger charge is 2.20. The van der Waals surface area contributed by atoms with E-state index in [1.807, 2.05) is 0 Å². The van der Waals surface area contributed by atoms with Crippen molar-refractivity contribution < 1.29 is 0 Å². The van der Waals surface area contributed by atoms with Crippen molar-refractivity contribution in [2.24, 2.45) is 23.7 Å². The van der Waals surface area contributed by atoms with Gasteiger partial charge in [0.2, 0.25) is 0 Å². The van der Waals surface area contributed by atoms with Crippen molar-refractivity contribution in [3.63, 3.8) is 0 Å². The first-order valence-corrected chi connectivity index (χ1v) is 10.3. The molecule has 2 fully saturated rings. The molecule has 0 radical (unpaired) electrons. The molecule has 0 N–H and O–H groups in total. The van der Waals surface area contributed by atoms with Crippen LogP contribution in [0.5, 0.6) is 0 Å². The summed E-state index contributed by atoms with van der Waals surface area (Å²) in [5, 5.41) is 0. The Kier molecular flexibility index (Phi) is 8.43. The largest absolute Gasteiger partial charge is 0.0996 e. The minimum atomic E-state index is 0.729. The van der Waals surface area contributed by atoms with E-state index in [9.17, 15) is 0 Å². The van der Waals surface area contributed by atoms with Gasteiger partial charge >= 0.3 is 0 Å². The number of unbranched alkanes of at least 4 members (excludes halogenated alkanes) is 4. The van der Waals surface area contributed by atoms with E-state index in [4.69, 9.17) is 0 Å². The average molecular weight is 303 g/mol. The fraction of sp³-hybridized carbons (Fsp3) is 0.909. The molecule has 0 unspecified atom stereocenters. The molecule has 0 saturated heterocycles. The molecule has 2 rings (SSSR count). The second kappa shape index (κ2) is 10.4. The van der Waals surface area contributed by atoms with Crippen molar-refractivity contribution in [3.05, 3.63) is 0 Å². The summed E-state index contributed by atoms with van der Waals surface area (Å²) in [6.45, 7) is 4.70. The molecule has 0 heterocycles. The van der Waals surface area contributed by atoms with Gasteiger partial charge in [0.1, 0.15) is 0 Å². The quantitative estimate of drug-likeness (QED) is 0.366. The van der Waals surface area contributed by atoms with Gasteiger partial charge in [-0.05, 0) is 63.2 Å². The van der Waals surface area contributed by atoms with Gasteiger partial charge in [0.05, 0.1) is 0 Å². The molecule has 126 valence electrons. The lowest BCUT2D eigenvalue weighted by Gasteiger charge is -2.26. The van der Waals surface area contributed by atoms with Gasteiger partial charge in [0, 0.05) is 11.8 Å². The molecule has 0 aliphatic heterocycles. The Bertz CT molecular complexity index is 329. The number of hydrogen-bond donors (Lipinski definition) is 0. The SMILES string of the molecule is CCCCCCCC1CCC(C#CC2CCC(C)CC2)CC1. The zero-order chi connectivity index (χ0) is 15.6. The maximum Gasteiger partial charge on any atom is 0.0203 e. The molecular weight excluding hydrogens is 264 g/mol. The molecular formula is C22H38. The van der Waals surface area contributed by atoms with Crippen molar-refractivity contribution in [3.8, 4) is 11.8 Å². The minimum Gasteiger partial charge on any atom is -0.0996 e. The third-order valence-corrected chi connectivity index (χ3v) is 6.07. The Labute approximate surface area is 139 Å². The smallest absolute Gasteiger partial charge is 0.0203 e. The summed E-state index contributed by atoms with van der Waals surface area (Å²) in [5.74, 6) is 10.7. The monoisotopic (exact) mass is 302 g/mol. The molecule has 2 aliphatic carbocycles. The van der Waals surface area contributed by atoms with Crippen LogP contribution in [0.1, 0.15) is 104 Å². The lowest BCUT2D eigenvalue weighted by Crippen LogP contribution is -2.14. The minimum absolute atomic E-state index is 0.729. The van der Waals surface area contributed by atoms with E-state index in [0.29, 0.717) is 0 Å². The third kappa shape index (κ3) is 6.76. The molecule has 0 heteroatoms. The first kappa shape index (κ1) is 17.9. The van der Waals surface area contributed by atoms with Crippen LogP contribution >= 0.6 is 0 Å². The predicted octanol–water partition coefficient (Wildman–Crippen LogP) is 6.98. The summed E-state index contributed by atoms with van der Waals surface area (Å²) in [4.78, 5) is 0. The van der Waals surface area contributed by atoms with Gasteiger partial charge in [0.15, 0.2) is 0 Å². The van der Waals surface area contributed by atoms with E-state index < -0.39 is 0 Å². The van der Waals surface area contributed by atoms with Crippen LogP contribution in [0, 0.1) is 35.5 Å². The maximum absolute atomic E-state index is 3.66. The van der Waals surface area contributed by atoms with Crippen LogP contribution in [0.3, 0.4) is 0 Å². The van der Waals surface area contributed by atoms with Gasteiger partial charge < -0.3 is 0 Å². The topological polar surface area (TPSA) is 0 Å². The predicted molar refractivity (Wildman–Crippen MR) is 97.7 cm³/mol. The van der Waals surface area contributed by atoms with E-state index >= 15 is 0 Å². The van der Waals surface area contributed by atoms with Gasteiger partial charge in [-0.3, -0.25) is 0 Å². The first-order valence-electron chi connectivity index (χ1n) is 10.3. The molecule has 0 aromatic heterocycles. The van der Waals surface area contributed by atoms with Crippen molar-refractivity contribution in [1.82, 2.24) is 0 Å². The number of hydrogen-bond acceptors (Lipinski definition) is 0. The van der Waals surface area contributed by atoms with Crippen molar-refractivity contribution in [2.45, 2.75) is 104 Å². The van der Waals surface area contributed by atoms with Crippen LogP contribution in [0.25, 0.3) is 0 Å².